The minimum absolute atomic E-state index is 0.400. The third-order valence-electron chi connectivity index (χ3n) is 3.80. The smallest absolute Gasteiger partial charge is 0.237 e. The molecule has 0 saturated carbocycles. The highest BCUT2D eigenvalue weighted by atomic mass is 16.1. The highest BCUT2D eigenvalue weighted by molar-refractivity contribution is 5.83. The minimum atomic E-state index is -0.845. The van der Waals surface area contributed by atoms with Crippen molar-refractivity contribution in [3.8, 4) is 0 Å². The topological polar surface area (TPSA) is 72.3 Å². The summed E-state index contributed by atoms with van der Waals surface area (Å²) in [5.74, 6) is 0.475. The van der Waals surface area contributed by atoms with Crippen LogP contribution in [0, 0.1) is 5.92 Å². The van der Waals surface area contributed by atoms with Gasteiger partial charge in [0.2, 0.25) is 5.91 Å². The zero-order valence-electron chi connectivity index (χ0n) is 11.2. The molecule has 1 aliphatic heterocycles. The van der Waals surface area contributed by atoms with Crippen LogP contribution in [0.1, 0.15) is 46.0 Å². The van der Waals surface area contributed by atoms with Crippen molar-refractivity contribution >= 4 is 5.91 Å². The number of hydrogen-bond donors (Lipinski definition) is 2. The molecule has 4 heteroatoms. The second-order valence-electron chi connectivity index (χ2n) is 5.63. The lowest BCUT2D eigenvalue weighted by Gasteiger charge is -2.22. The van der Waals surface area contributed by atoms with E-state index in [-0.39, 0.29) is 0 Å². The maximum absolute atomic E-state index is 11.1. The summed E-state index contributed by atoms with van der Waals surface area (Å²) in [4.78, 5) is 13.6. The Morgan fingerprint density at radius 1 is 1.53 bits per heavy atom. The first-order chi connectivity index (χ1) is 7.95. The molecule has 1 fully saturated rings. The molecule has 0 aliphatic carbocycles. The molecule has 4 nitrogen and oxygen atoms in total. The molecule has 2 unspecified atom stereocenters. The molecule has 100 valence electrons. The molecule has 17 heavy (non-hydrogen) atoms. The Bertz CT molecular complexity index is 253. The van der Waals surface area contributed by atoms with Gasteiger partial charge in [0.15, 0.2) is 0 Å². The van der Waals surface area contributed by atoms with Gasteiger partial charge in [-0.2, -0.15) is 0 Å². The van der Waals surface area contributed by atoms with Crippen LogP contribution in [0.15, 0.2) is 0 Å². The number of likely N-dealkylation sites (tertiary alicyclic amines) is 1. The molecule has 1 rings (SSSR count). The fraction of sp³-hybridized carbons (Fsp3) is 0.923. The molecular formula is C13H27N3O. The number of carbonyl (C=O) groups is 1. The van der Waals surface area contributed by atoms with Gasteiger partial charge in [0.1, 0.15) is 0 Å². The van der Waals surface area contributed by atoms with E-state index >= 15 is 0 Å². The highest BCUT2D eigenvalue weighted by Gasteiger charge is 2.26. The molecule has 0 radical (unpaired) electrons. The molecule has 1 saturated heterocycles. The van der Waals surface area contributed by atoms with Crippen LogP contribution >= 0.6 is 0 Å². The average Bonchev–Trinajstić information content (AvgIpc) is 2.66. The van der Waals surface area contributed by atoms with Crippen LogP contribution in [0.25, 0.3) is 0 Å². The summed E-state index contributed by atoms with van der Waals surface area (Å²) in [5.41, 5.74) is 10.2. The van der Waals surface area contributed by atoms with E-state index in [1.165, 1.54) is 32.4 Å². The fourth-order valence-corrected chi connectivity index (χ4v) is 2.55. The monoisotopic (exact) mass is 241 g/mol. The van der Waals surface area contributed by atoms with E-state index < -0.39 is 11.4 Å². The van der Waals surface area contributed by atoms with Gasteiger partial charge in [-0.3, -0.25) is 4.79 Å². The van der Waals surface area contributed by atoms with E-state index in [0.717, 1.165) is 18.9 Å². The van der Waals surface area contributed by atoms with Gasteiger partial charge in [-0.15, -0.1) is 0 Å². The van der Waals surface area contributed by atoms with Crippen molar-refractivity contribution in [3.63, 3.8) is 0 Å². The van der Waals surface area contributed by atoms with Crippen molar-refractivity contribution < 1.29 is 4.79 Å². The first-order valence-electron chi connectivity index (χ1n) is 6.77. The predicted molar refractivity (Wildman–Crippen MR) is 70.5 cm³/mol. The molecule has 0 aromatic rings. The largest absolute Gasteiger partial charge is 0.368 e. The Morgan fingerprint density at radius 3 is 2.82 bits per heavy atom. The molecule has 1 aliphatic rings. The summed E-state index contributed by atoms with van der Waals surface area (Å²) < 4.78 is 0. The Hall–Kier alpha value is -0.610. The van der Waals surface area contributed by atoms with Crippen molar-refractivity contribution in [2.24, 2.45) is 17.4 Å². The summed E-state index contributed by atoms with van der Waals surface area (Å²) in [6.07, 6.45) is 5.57. The molecular weight excluding hydrogens is 214 g/mol. The van der Waals surface area contributed by atoms with Gasteiger partial charge in [-0.05, 0) is 51.6 Å². The SMILES string of the molecule is CCCC1CCN(CCCC(C)(N)C(N)=O)C1. The maximum Gasteiger partial charge on any atom is 0.237 e. The zero-order chi connectivity index (χ0) is 12.9. The molecule has 0 bridgehead atoms. The summed E-state index contributed by atoms with van der Waals surface area (Å²) in [6.45, 7) is 7.42. The van der Waals surface area contributed by atoms with E-state index in [9.17, 15) is 4.79 Å². The average molecular weight is 241 g/mol. The van der Waals surface area contributed by atoms with Gasteiger partial charge in [-0.25, -0.2) is 0 Å². The lowest BCUT2D eigenvalue weighted by molar-refractivity contribution is -0.122. The quantitative estimate of drug-likeness (QED) is 0.701. The normalized spacial score (nSPS) is 24.8. The van der Waals surface area contributed by atoms with Crippen molar-refractivity contribution in [2.75, 3.05) is 19.6 Å². The molecule has 0 aromatic heterocycles. The summed E-state index contributed by atoms with van der Waals surface area (Å²) in [6, 6.07) is 0. The van der Waals surface area contributed by atoms with Gasteiger partial charge in [0.25, 0.3) is 0 Å². The van der Waals surface area contributed by atoms with Gasteiger partial charge < -0.3 is 16.4 Å². The molecule has 0 spiro atoms. The molecule has 4 N–H and O–H groups in total. The van der Waals surface area contributed by atoms with Gasteiger partial charge in [-0.1, -0.05) is 13.3 Å². The number of carbonyl (C=O) groups excluding carboxylic acids is 1. The highest BCUT2D eigenvalue weighted by Crippen LogP contribution is 2.21. The van der Waals surface area contributed by atoms with E-state index in [2.05, 4.69) is 11.8 Å². The van der Waals surface area contributed by atoms with Crippen LogP contribution in [-0.2, 0) is 4.79 Å². The van der Waals surface area contributed by atoms with Gasteiger partial charge in [0, 0.05) is 6.54 Å². The third-order valence-corrected chi connectivity index (χ3v) is 3.80. The second-order valence-corrected chi connectivity index (χ2v) is 5.63. The number of hydrogen-bond acceptors (Lipinski definition) is 3. The van der Waals surface area contributed by atoms with Crippen LogP contribution in [-0.4, -0.2) is 36.0 Å². The number of nitrogens with two attached hydrogens (primary N) is 2. The fourth-order valence-electron chi connectivity index (χ4n) is 2.55. The number of amides is 1. The summed E-state index contributed by atoms with van der Waals surface area (Å²) in [7, 11) is 0. The Labute approximate surface area is 105 Å². The van der Waals surface area contributed by atoms with E-state index in [1.807, 2.05) is 0 Å². The van der Waals surface area contributed by atoms with Crippen molar-refractivity contribution in [3.05, 3.63) is 0 Å². The van der Waals surface area contributed by atoms with Crippen LogP contribution in [0.4, 0.5) is 0 Å². The van der Waals surface area contributed by atoms with Gasteiger partial charge >= 0.3 is 0 Å². The van der Waals surface area contributed by atoms with E-state index in [1.54, 1.807) is 6.92 Å². The molecule has 2 atom stereocenters. The zero-order valence-corrected chi connectivity index (χ0v) is 11.2. The first-order valence-corrected chi connectivity index (χ1v) is 6.77. The van der Waals surface area contributed by atoms with Crippen LogP contribution in [0.5, 0.6) is 0 Å². The Balaban J connectivity index is 2.18. The summed E-state index contributed by atoms with van der Waals surface area (Å²) in [5, 5.41) is 0. The molecule has 1 heterocycles. The number of rotatable bonds is 7. The second kappa shape index (κ2) is 6.36. The Morgan fingerprint density at radius 2 is 2.24 bits per heavy atom. The lowest BCUT2D eigenvalue weighted by Crippen LogP contribution is -2.49. The van der Waals surface area contributed by atoms with Crippen molar-refractivity contribution in [1.29, 1.82) is 0 Å². The lowest BCUT2D eigenvalue weighted by atomic mass is 9.96. The third kappa shape index (κ3) is 4.64. The molecule has 0 aromatic carbocycles. The maximum atomic E-state index is 11.1. The van der Waals surface area contributed by atoms with Crippen LogP contribution in [0.3, 0.4) is 0 Å². The van der Waals surface area contributed by atoms with E-state index in [0.29, 0.717) is 6.42 Å². The van der Waals surface area contributed by atoms with Crippen LogP contribution < -0.4 is 11.5 Å². The number of primary amides is 1. The van der Waals surface area contributed by atoms with E-state index in [4.69, 9.17) is 11.5 Å². The number of nitrogens with zero attached hydrogens (tertiary/aromatic N) is 1. The predicted octanol–water partition coefficient (Wildman–Crippen LogP) is 1.09. The summed E-state index contributed by atoms with van der Waals surface area (Å²) >= 11 is 0. The Kier molecular flexibility index (Phi) is 5.40. The molecule has 1 amide bonds. The first kappa shape index (κ1) is 14.5. The van der Waals surface area contributed by atoms with Crippen LogP contribution in [0.2, 0.25) is 0 Å². The van der Waals surface area contributed by atoms with Gasteiger partial charge in [0.05, 0.1) is 5.54 Å². The standard InChI is InChI=1S/C13H27N3O/c1-3-5-11-6-9-16(10-11)8-4-7-13(2,15)12(14)17/h11H,3-10,15H2,1-2H3,(H2,14,17). The minimum Gasteiger partial charge on any atom is -0.368 e. The van der Waals surface area contributed by atoms with Crippen molar-refractivity contribution in [2.45, 2.75) is 51.5 Å². The van der Waals surface area contributed by atoms with Crippen molar-refractivity contribution in [1.82, 2.24) is 4.90 Å².